The highest BCUT2D eigenvalue weighted by Crippen LogP contribution is 2.26. The second kappa shape index (κ2) is 5.25. The summed E-state index contributed by atoms with van der Waals surface area (Å²) in [5, 5.41) is 11.7. The standard InChI is InChI=1S/C16H17N3O/c1-11(12-6-8-13(20-2)9-7-12)18-15-4-3-5-16-14(15)10-17-19-16/h3-11,18H,1-2H3,(H,17,19). The number of methoxy groups -OCH3 is 1. The smallest absolute Gasteiger partial charge is 0.118 e. The molecular weight excluding hydrogens is 250 g/mol. The van der Waals surface area contributed by atoms with Crippen molar-refractivity contribution < 1.29 is 4.74 Å². The summed E-state index contributed by atoms with van der Waals surface area (Å²) < 4.78 is 5.18. The van der Waals surface area contributed by atoms with Crippen LogP contribution in [0.25, 0.3) is 10.9 Å². The molecule has 1 atom stereocenters. The molecular formula is C16H17N3O. The van der Waals surface area contributed by atoms with E-state index < -0.39 is 0 Å². The van der Waals surface area contributed by atoms with Gasteiger partial charge in [0.1, 0.15) is 5.75 Å². The Labute approximate surface area is 117 Å². The topological polar surface area (TPSA) is 49.9 Å². The van der Waals surface area contributed by atoms with Crippen LogP contribution in [0, 0.1) is 0 Å². The number of hydrogen-bond donors (Lipinski definition) is 2. The van der Waals surface area contributed by atoms with Crippen LogP contribution in [-0.4, -0.2) is 17.3 Å². The Bertz CT molecular complexity index is 703. The van der Waals surface area contributed by atoms with Crippen molar-refractivity contribution in [1.29, 1.82) is 0 Å². The third-order valence-corrected chi connectivity index (χ3v) is 3.47. The van der Waals surface area contributed by atoms with E-state index in [-0.39, 0.29) is 6.04 Å². The molecule has 1 aromatic heterocycles. The van der Waals surface area contributed by atoms with Gasteiger partial charge in [-0.15, -0.1) is 0 Å². The van der Waals surface area contributed by atoms with Crippen molar-refractivity contribution in [3.8, 4) is 5.75 Å². The van der Waals surface area contributed by atoms with E-state index in [0.717, 1.165) is 22.3 Å². The van der Waals surface area contributed by atoms with Crippen LogP contribution in [0.2, 0.25) is 0 Å². The van der Waals surface area contributed by atoms with Gasteiger partial charge in [-0.2, -0.15) is 5.10 Å². The van der Waals surface area contributed by atoms with Gasteiger partial charge in [0.05, 0.1) is 18.8 Å². The van der Waals surface area contributed by atoms with Gasteiger partial charge in [-0.05, 0) is 36.8 Å². The summed E-state index contributed by atoms with van der Waals surface area (Å²) in [6.45, 7) is 2.14. The lowest BCUT2D eigenvalue weighted by molar-refractivity contribution is 0.414. The third-order valence-electron chi connectivity index (χ3n) is 3.47. The first-order valence-electron chi connectivity index (χ1n) is 6.60. The maximum Gasteiger partial charge on any atom is 0.118 e. The molecule has 0 radical (unpaired) electrons. The van der Waals surface area contributed by atoms with Crippen molar-refractivity contribution in [2.24, 2.45) is 0 Å². The Morgan fingerprint density at radius 3 is 2.70 bits per heavy atom. The maximum absolute atomic E-state index is 5.18. The summed E-state index contributed by atoms with van der Waals surface area (Å²) in [6.07, 6.45) is 1.85. The normalized spacial score (nSPS) is 12.3. The largest absolute Gasteiger partial charge is 0.497 e. The predicted molar refractivity (Wildman–Crippen MR) is 81.1 cm³/mol. The van der Waals surface area contributed by atoms with Crippen LogP contribution in [0.15, 0.2) is 48.7 Å². The number of hydrogen-bond acceptors (Lipinski definition) is 3. The summed E-state index contributed by atoms with van der Waals surface area (Å²) in [5.41, 5.74) is 3.34. The van der Waals surface area contributed by atoms with Gasteiger partial charge in [0, 0.05) is 17.1 Å². The van der Waals surface area contributed by atoms with E-state index in [1.165, 1.54) is 5.56 Å². The Morgan fingerprint density at radius 1 is 1.15 bits per heavy atom. The number of rotatable bonds is 4. The van der Waals surface area contributed by atoms with Gasteiger partial charge in [0.2, 0.25) is 0 Å². The van der Waals surface area contributed by atoms with E-state index in [2.05, 4.69) is 40.6 Å². The summed E-state index contributed by atoms with van der Waals surface area (Å²) >= 11 is 0. The van der Waals surface area contributed by atoms with Crippen molar-refractivity contribution in [1.82, 2.24) is 10.2 Å². The monoisotopic (exact) mass is 267 g/mol. The average molecular weight is 267 g/mol. The van der Waals surface area contributed by atoms with Crippen molar-refractivity contribution in [3.63, 3.8) is 0 Å². The molecule has 0 amide bonds. The molecule has 1 unspecified atom stereocenters. The Balaban J connectivity index is 1.84. The van der Waals surface area contributed by atoms with Crippen molar-refractivity contribution in [2.75, 3.05) is 12.4 Å². The van der Waals surface area contributed by atoms with Gasteiger partial charge in [-0.3, -0.25) is 5.10 Å². The number of fused-ring (bicyclic) bond motifs is 1. The second-order valence-electron chi connectivity index (χ2n) is 4.78. The molecule has 1 heterocycles. The summed E-state index contributed by atoms with van der Waals surface area (Å²) in [5.74, 6) is 0.873. The fourth-order valence-corrected chi connectivity index (χ4v) is 2.30. The predicted octanol–water partition coefficient (Wildman–Crippen LogP) is 3.74. The minimum Gasteiger partial charge on any atom is -0.497 e. The zero-order valence-corrected chi connectivity index (χ0v) is 11.6. The van der Waals surface area contributed by atoms with Crippen LogP contribution >= 0.6 is 0 Å². The first-order chi connectivity index (χ1) is 9.78. The average Bonchev–Trinajstić information content (AvgIpc) is 2.97. The van der Waals surface area contributed by atoms with Crippen LogP contribution in [0.3, 0.4) is 0 Å². The summed E-state index contributed by atoms with van der Waals surface area (Å²) in [6, 6.07) is 14.4. The van der Waals surface area contributed by atoms with Crippen molar-refractivity contribution >= 4 is 16.6 Å². The summed E-state index contributed by atoms with van der Waals surface area (Å²) in [4.78, 5) is 0. The molecule has 4 heteroatoms. The van der Waals surface area contributed by atoms with Gasteiger partial charge >= 0.3 is 0 Å². The van der Waals surface area contributed by atoms with Gasteiger partial charge < -0.3 is 10.1 Å². The van der Waals surface area contributed by atoms with Crippen LogP contribution in [0.4, 0.5) is 5.69 Å². The number of anilines is 1. The van der Waals surface area contributed by atoms with E-state index in [1.54, 1.807) is 7.11 Å². The fourth-order valence-electron chi connectivity index (χ4n) is 2.30. The molecule has 3 rings (SSSR count). The van der Waals surface area contributed by atoms with Crippen LogP contribution in [-0.2, 0) is 0 Å². The maximum atomic E-state index is 5.18. The van der Waals surface area contributed by atoms with Gasteiger partial charge in [0.15, 0.2) is 0 Å². The number of aromatic nitrogens is 2. The number of H-pyrrole nitrogens is 1. The molecule has 2 aromatic carbocycles. The molecule has 0 spiro atoms. The van der Waals surface area contributed by atoms with Crippen LogP contribution in [0.1, 0.15) is 18.5 Å². The highest BCUT2D eigenvalue weighted by atomic mass is 16.5. The highest BCUT2D eigenvalue weighted by Gasteiger charge is 2.08. The van der Waals surface area contributed by atoms with Crippen LogP contribution < -0.4 is 10.1 Å². The molecule has 2 N–H and O–H groups in total. The van der Waals surface area contributed by atoms with Crippen LogP contribution in [0.5, 0.6) is 5.75 Å². The minimum absolute atomic E-state index is 0.210. The number of nitrogens with zero attached hydrogens (tertiary/aromatic N) is 1. The number of benzene rings is 2. The Kier molecular flexibility index (Phi) is 3.29. The SMILES string of the molecule is COc1ccc(C(C)Nc2cccc3[nH]ncc23)cc1. The van der Waals surface area contributed by atoms with Gasteiger partial charge in [-0.25, -0.2) is 0 Å². The molecule has 0 saturated heterocycles. The molecule has 0 bridgehead atoms. The van der Waals surface area contributed by atoms with E-state index >= 15 is 0 Å². The van der Waals surface area contributed by atoms with E-state index in [9.17, 15) is 0 Å². The number of aromatic amines is 1. The molecule has 3 aromatic rings. The zero-order valence-electron chi connectivity index (χ0n) is 11.6. The van der Waals surface area contributed by atoms with Gasteiger partial charge in [0.25, 0.3) is 0 Å². The van der Waals surface area contributed by atoms with E-state index in [1.807, 2.05) is 30.5 Å². The highest BCUT2D eigenvalue weighted by molar-refractivity contribution is 5.90. The van der Waals surface area contributed by atoms with E-state index in [4.69, 9.17) is 4.74 Å². The Hall–Kier alpha value is -2.49. The lowest BCUT2D eigenvalue weighted by Crippen LogP contribution is -2.06. The number of nitrogens with one attached hydrogen (secondary N) is 2. The van der Waals surface area contributed by atoms with Crippen molar-refractivity contribution in [3.05, 3.63) is 54.2 Å². The fraction of sp³-hybridized carbons (Fsp3) is 0.188. The minimum atomic E-state index is 0.210. The number of ether oxygens (including phenoxy) is 1. The Morgan fingerprint density at radius 2 is 1.95 bits per heavy atom. The zero-order chi connectivity index (χ0) is 13.9. The summed E-state index contributed by atoms with van der Waals surface area (Å²) in [7, 11) is 1.68. The van der Waals surface area contributed by atoms with E-state index in [0.29, 0.717) is 0 Å². The lowest BCUT2D eigenvalue weighted by atomic mass is 10.1. The first kappa shape index (κ1) is 12.5. The van der Waals surface area contributed by atoms with Crippen molar-refractivity contribution in [2.45, 2.75) is 13.0 Å². The molecule has 0 aliphatic carbocycles. The lowest BCUT2D eigenvalue weighted by Gasteiger charge is -2.16. The molecule has 0 fully saturated rings. The molecule has 0 aliphatic heterocycles. The second-order valence-corrected chi connectivity index (χ2v) is 4.78. The first-order valence-corrected chi connectivity index (χ1v) is 6.60. The van der Waals surface area contributed by atoms with Gasteiger partial charge in [-0.1, -0.05) is 18.2 Å². The molecule has 102 valence electrons. The quantitative estimate of drug-likeness (QED) is 0.757. The molecule has 4 nitrogen and oxygen atoms in total. The third kappa shape index (κ3) is 2.32. The molecule has 20 heavy (non-hydrogen) atoms. The molecule has 0 aliphatic rings. The molecule has 0 saturated carbocycles.